The van der Waals surface area contributed by atoms with Crippen molar-refractivity contribution < 1.29 is 4.79 Å². The van der Waals surface area contributed by atoms with Crippen LogP contribution in [0.2, 0.25) is 5.02 Å². The zero-order valence-corrected chi connectivity index (χ0v) is 12.3. The zero-order chi connectivity index (χ0) is 13.7. The molecule has 0 spiro atoms. The summed E-state index contributed by atoms with van der Waals surface area (Å²) in [5.74, 6) is 1.23. The molecule has 0 bridgehead atoms. The lowest BCUT2D eigenvalue weighted by Crippen LogP contribution is -2.24. The predicted molar refractivity (Wildman–Crippen MR) is 76.9 cm³/mol. The first-order chi connectivity index (χ1) is 8.40. The average molecular weight is 268 g/mol. The van der Waals surface area contributed by atoms with E-state index in [1.165, 1.54) is 0 Å². The van der Waals surface area contributed by atoms with Gasteiger partial charge in [-0.25, -0.2) is 0 Å². The summed E-state index contributed by atoms with van der Waals surface area (Å²) in [6, 6.07) is 7.93. The number of rotatable bonds is 1. The molecule has 1 saturated heterocycles. The first-order valence-corrected chi connectivity index (χ1v) is 6.82. The van der Waals surface area contributed by atoms with E-state index in [4.69, 9.17) is 11.6 Å². The molecule has 1 N–H and O–H groups in total. The smallest absolute Gasteiger partial charge is 0.220 e. The molecule has 1 aliphatic rings. The molecule has 1 aromatic carbocycles. The van der Waals surface area contributed by atoms with Crippen LogP contribution in [0.1, 0.15) is 45.6 Å². The van der Waals surface area contributed by atoms with Crippen molar-refractivity contribution in [1.29, 1.82) is 0 Å². The van der Waals surface area contributed by atoms with Crippen LogP contribution >= 0.6 is 11.6 Å². The molecule has 2 rings (SSSR count). The Labute approximate surface area is 115 Å². The molecule has 2 atom stereocenters. The summed E-state index contributed by atoms with van der Waals surface area (Å²) in [5.41, 5.74) is 1.14. The minimum atomic E-state index is 0.127. The van der Waals surface area contributed by atoms with E-state index in [1.807, 2.05) is 31.2 Å². The molecular weight excluding hydrogens is 246 g/mol. The van der Waals surface area contributed by atoms with Crippen LogP contribution in [0, 0.1) is 5.92 Å². The highest BCUT2D eigenvalue weighted by Crippen LogP contribution is 2.29. The van der Waals surface area contributed by atoms with Crippen LogP contribution in [0.3, 0.4) is 0 Å². The van der Waals surface area contributed by atoms with Crippen LogP contribution < -0.4 is 5.32 Å². The van der Waals surface area contributed by atoms with E-state index in [-0.39, 0.29) is 17.9 Å². The molecule has 3 heteroatoms. The van der Waals surface area contributed by atoms with Crippen molar-refractivity contribution in [2.24, 2.45) is 5.92 Å². The predicted octanol–water partition coefficient (Wildman–Crippen LogP) is 3.99. The number of nitrogens with one attached hydrogen (secondary N) is 1. The first kappa shape index (κ1) is 15.0. The van der Waals surface area contributed by atoms with Crippen molar-refractivity contribution in [2.75, 3.05) is 0 Å². The second kappa shape index (κ2) is 6.79. The highest BCUT2D eigenvalue weighted by Gasteiger charge is 2.29. The summed E-state index contributed by atoms with van der Waals surface area (Å²) in [5, 5.41) is 3.63. The Kier molecular flexibility index (Phi) is 5.67. The Morgan fingerprint density at radius 1 is 1.33 bits per heavy atom. The molecule has 0 aliphatic carbocycles. The van der Waals surface area contributed by atoms with Crippen molar-refractivity contribution in [1.82, 2.24) is 5.32 Å². The van der Waals surface area contributed by atoms with E-state index in [0.29, 0.717) is 6.42 Å². The molecule has 1 amide bonds. The Morgan fingerprint density at radius 3 is 2.39 bits per heavy atom. The summed E-state index contributed by atoms with van der Waals surface area (Å²) in [6.45, 7) is 8.52. The van der Waals surface area contributed by atoms with Gasteiger partial charge in [-0.15, -0.1) is 0 Å². The quantitative estimate of drug-likeness (QED) is 0.819. The Hall–Kier alpha value is -1.02. The maximum Gasteiger partial charge on any atom is 0.220 e. The monoisotopic (exact) mass is 267 g/mol. The van der Waals surface area contributed by atoms with Gasteiger partial charge < -0.3 is 5.32 Å². The fraction of sp³-hybridized carbons (Fsp3) is 0.533. The van der Waals surface area contributed by atoms with Crippen LogP contribution in [-0.2, 0) is 4.79 Å². The van der Waals surface area contributed by atoms with Crippen molar-refractivity contribution in [3.8, 4) is 0 Å². The molecule has 1 heterocycles. The normalized spacial score (nSPS) is 22.4. The van der Waals surface area contributed by atoms with E-state index in [1.54, 1.807) is 0 Å². The number of carbonyl (C=O) groups is 1. The van der Waals surface area contributed by atoms with Gasteiger partial charge in [0.05, 0.1) is 0 Å². The molecular formula is C15H22ClNO. The second-order valence-electron chi connectivity index (χ2n) is 5.45. The second-order valence-corrected chi connectivity index (χ2v) is 5.89. The summed E-state index contributed by atoms with van der Waals surface area (Å²) in [4.78, 5) is 11.2. The molecule has 1 aromatic rings. The fourth-order valence-electron chi connectivity index (χ4n) is 1.93. The average Bonchev–Trinajstić information content (AvgIpc) is 2.57. The fourth-order valence-corrected chi connectivity index (χ4v) is 2.13. The number of amides is 1. The highest BCUT2D eigenvalue weighted by molar-refractivity contribution is 6.30. The van der Waals surface area contributed by atoms with Crippen LogP contribution in [0.25, 0.3) is 0 Å². The van der Waals surface area contributed by atoms with Gasteiger partial charge in [0, 0.05) is 23.4 Å². The number of benzene rings is 1. The number of hydrogen-bond donors (Lipinski definition) is 1. The van der Waals surface area contributed by atoms with Crippen molar-refractivity contribution >= 4 is 17.5 Å². The topological polar surface area (TPSA) is 29.1 Å². The summed E-state index contributed by atoms with van der Waals surface area (Å²) >= 11 is 5.90. The third-order valence-corrected chi connectivity index (χ3v) is 2.91. The Bertz CT molecular complexity index is 400. The van der Waals surface area contributed by atoms with Crippen molar-refractivity contribution in [3.05, 3.63) is 34.9 Å². The molecule has 0 aromatic heterocycles. The third kappa shape index (κ3) is 4.69. The summed E-state index contributed by atoms with van der Waals surface area (Å²) < 4.78 is 0. The largest absolute Gasteiger partial charge is 0.353 e. The molecule has 0 saturated carbocycles. The van der Waals surface area contributed by atoms with E-state index in [0.717, 1.165) is 16.5 Å². The maximum atomic E-state index is 11.2. The Balaban J connectivity index is 0.000000357. The van der Waals surface area contributed by atoms with E-state index >= 15 is 0 Å². The van der Waals surface area contributed by atoms with E-state index in [9.17, 15) is 4.79 Å². The SMILES string of the molecule is CC(C)C.C[C@@H]1NC(=O)C[C@@H]1c1cccc(Cl)c1. The van der Waals surface area contributed by atoms with Gasteiger partial charge in [0.25, 0.3) is 0 Å². The van der Waals surface area contributed by atoms with Gasteiger partial charge in [0.15, 0.2) is 0 Å². The highest BCUT2D eigenvalue weighted by atomic mass is 35.5. The molecule has 18 heavy (non-hydrogen) atoms. The standard InChI is InChI=1S/C11H12ClNO.C4H10/c1-7-10(6-11(14)13-7)8-3-2-4-9(12)5-8;1-4(2)3/h2-5,7,10H,6H2,1H3,(H,13,14);4H,1-3H3/t7-,10-;/m0./s1. The lowest BCUT2D eigenvalue weighted by molar-refractivity contribution is -0.119. The minimum Gasteiger partial charge on any atom is -0.353 e. The van der Waals surface area contributed by atoms with Crippen molar-refractivity contribution in [3.63, 3.8) is 0 Å². The Morgan fingerprint density at radius 2 is 1.94 bits per heavy atom. The van der Waals surface area contributed by atoms with E-state index < -0.39 is 0 Å². The molecule has 1 fully saturated rings. The van der Waals surface area contributed by atoms with E-state index in [2.05, 4.69) is 26.1 Å². The zero-order valence-electron chi connectivity index (χ0n) is 11.5. The minimum absolute atomic E-state index is 0.127. The molecule has 2 nitrogen and oxygen atoms in total. The molecule has 0 unspecified atom stereocenters. The first-order valence-electron chi connectivity index (χ1n) is 6.45. The van der Waals surface area contributed by atoms with Crippen LogP contribution in [0.5, 0.6) is 0 Å². The molecule has 100 valence electrons. The van der Waals surface area contributed by atoms with Crippen LogP contribution in [-0.4, -0.2) is 11.9 Å². The third-order valence-electron chi connectivity index (χ3n) is 2.67. The maximum absolute atomic E-state index is 11.2. The van der Waals surface area contributed by atoms with Gasteiger partial charge in [0.1, 0.15) is 0 Å². The number of hydrogen-bond acceptors (Lipinski definition) is 1. The number of halogens is 1. The van der Waals surface area contributed by atoms with Gasteiger partial charge in [0.2, 0.25) is 5.91 Å². The van der Waals surface area contributed by atoms with Crippen molar-refractivity contribution in [2.45, 2.75) is 46.1 Å². The summed E-state index contributed by atoms with van der Waals surface area (Å²) in [7, 11) is 0. The molecule has 0 radical (unpaired) electrons. The number of carbonyl (C=O) groups excluding carboxylic acids is 1. The lowest BCUT2D eigenvalue weighted by atomic mass is 9.93. The van der Waals surface area contributed by atoms with Gasteiger partial charge in [-0.1, -0.05) is 44.5 Å². The summed E-state index contributed by atoms with van der Waals surface area (Å²) in [6.07, 6.45) is 0.571. The van der Waals surface area contributed by atoms with Gasteiger partial charge >= 0.3 is 0 Å². The lowest BCUT2D eigenvalue weighted by Gasteiger charge is -2.14. The van der Waals surface area contributed by atoms with Crippen LogP contribution in [0.4, 0.5) is 0 Å². The van der Waals surface area contributed by atoms with Crippen LogP contribution in [0.15, 0.2) is 24.3 Å². The van der Waals surface area contributed by atoms with Gasteiger partial charge in [-0.05, 0) is 30.5 Å². The van der Waals surface area contributed by atoms with Gasteiger partial charge in [-0.2, -0.15) is 0 Å². The molecule has 1 aliphatic heterocycles. The van der Waals surface area contributed by atoms with Gasteiger partial charge in [-0.3, -0.25) is 4.79 Å².